The molecule has 138 valence electrons. The number of ether oxygens (including phenoxy) is 2. The van der Waals surface area contributed by atoms with Crippen molar-refractivity contribution < 1.29 is 31.8 Å². The molecule has 10 heteroatoms. The van der Waals surface area contributed by atoms with Crippen LogP contribution in [0, 0.1) is 12.8 Å². The van der Waals surface area contributed by atoms with Crippen LogP contribution in [-0.2, 0) is 4.79 Å². The number of carbonyl (C=O) groups is 1. The summed E-state index contributed by atoms with van der Waals surface area (Å²) in [6, 6.07) is 3.65. The molecule has 1 saturated carbocycles. The molecular formula is C16H12F4N2O3S. The number of fused-ring (bicyclic) bond motifs is 1. The maximum atomic E-state index is 13.4. The lowest BCUT2D eigenvalue weighted by atomic mass is 10.2. The van der Waals surface area contributed by atoms with Gasteiger partial charge < -0.3 is 9.47 Å². The molecule has 1 aliphatic heterocycles. The highest BCUT2D eigenvalue weighted by molar-refractivity contribution is 7.09. The molecule has 1 aromatic carbocycles. The first-order valence-electron chi connectivity index (χ1n) is 7.72. The van der Waals surface area contributed by atoms with E-state index in [-0.39, 0.29) is 11.8 Å². The molecule has 2 aliphatic rings. The van der Waals surface area contributed by atoms with Crippen molar-refractivity contribution in [2.24, 2.45) is 10.9 Å². The van der Waals surface area contributed by atoms with Gasteiger partial charge in [0.25, 0.3) is 5.91 Å². The van der Waals surface area contributed by atoms with Gasteiger partial charge in [-0.3, -0.25) is 9.36 Å². The number of benzene rings is 1. The Morgan fingerprint density at radius 3 is 2.50 bits per heavy atom. The van der Waals surface area contributed by atoms with Crippen molar-refractivity contribution in [1.29, 1.82) is 0 Å². The molecule has 4 rings (SSSR count). The van der Waals surface area contributed by atoms with E-state index in [1.807, 2.05) is 0 Å². The quantitative estimate of drug-likeness (QED) is 0.738. The van der Waals surface area contributed by atoms with Crippen LogP contribution in [0.3, 0.4) is 0 Å². The fraction of sp³-hybridized carbons (Fsp3) is 0.375. The van der Waals surface area contributed by atoms with Crippen LogP contribution >= 0.6 is 11.3 Å². The first-order valence-corrected chi connectivity index (χ1v) is 8.54. The summed E-state index contributed by atoms with van der Waals surface area (Å²) in [4.78, 5) is 17.2. The van der Waals surface area contributed by atoms with Crippen molar-refractivity contribution in [3.63, 3.8) is 0 Å². The van der Waals surface area contributed by atoms with Crippen LogP contribution in [-0.4, -0.2) is 22.7 Å². The number of aryl methyl sites for hydroxylation is 1. The van der Waals surface area contributed by atoms with E-state index in [4.69, 9.17) is 0 Å². The molecule has 0 bridgehead atoms. The second-order valence-corrected chi connectivity index (χ2v) is 7.30. The first kappa shape index (κ1) is 17.1. The third-order valence-electron chi connectivity index (χ3n) is 3.92. The van der Waals surface area contributed by atoms with Crippen LogP contribution in [0.2, 0.25) is 0 Å². The van der Waals surface area contributed by atoms with Crippen molar-refractivity contribution in [2.45, 2.75) is 32.0 Å². The van der Waals surface area contributed by atoms with Gasteiger partial charge in [0.2, 0.25) is 0 Å². The van der Waals surface area contributed by atoms with Gasteiger partial charge in [0.15, 0.2) is 16.3 Å². The number of aromatic nitrogens is 1. The summed E-state index contributed by atoms with van der Waals surface area (Å²) in [6.07, 6.45) is -6.27. The summed E-state index contributed by atoms with van der Waals surface area (Å²) < 4.78 is 63.0. The fourth-order valence-corrected chi connectivity index (χ4v) is 3.28. The molecule has 0 spiro atoms. The van der Waals surface area contributed by atoms with Gasteiger partial charge in [0, 0.05) is 23.1 Å². The summed E-state index contributed by atoms with van der Waals surface area (Å²) in [5.74, 6) is -1.31. The topological polar surface area (TPSA) is 52.8 Å². The van der Waals surface area contributed by atoms with Crippen molar-refractivity contribution >= 4 is 17.2 Å². The highest BCUT2D eigenvalue weighted by Gasteiger charge is 2.65. The molecule has 0 unspecified atom stereocenters. The number of nitrogens with zero attached hydrogens (tertiary/aromatic N) is 2. The van der Waals surface area contributed by atoms with Gasteiger partial charge in [0.05, 0.1) is 5.69 Å². The Morgan fingerprint density at radius 1 is 1.19 bits per heavy atom. The highest BCUT2D eigenvalue weighted by atomic mass is 32.1. The largest absolute Gasteiger partial charge is 0.507 e. The highest BCUT2D eigenvalue weighted by Crippen LogP contribution is 2.47. The first-order chi connectivity index (χ1) is 12.2. The van der Waals surface area contributed by atoms with Crippen LogP contribution in [0.4, 0.5) is 17.6 Å². The van der Waals surface area contributed by atoms with E-state index in [1.165, 1.54) is 22.0 Å². The molecule has 26 heavy (non-hydrogen) atoms. The number of carbonyl (C=O) groups excluding carboxylic acids is 1. The second kappa shape index (κ2) is 5.57. The maximum Gasteiger partial charge on any atom is 0.507 e. The standard InChI is InChI=1S/C16H12F4N2O3S/c1-8-7-22(14(26-8)21-13(23)9-2-3-9)10-4-5-11-12(6-10)25-16(19,20)15(17,18)24-11/h4-7,9H,2-3H2,1H3/b21-14-. The van der Waals surface area contributed by atoms with Gasteiger partial charge in [-0.25, -0.2) is 0 Å². The van der Waals surface area contributed by atoms with Crippen molar-refractivity contribution in [1.82, 2.24) is 4.57 Å². The minimum absolute atomic E-state index is 0.0629. The Hall–Kier alpha value is -2.36. The number of rotatable bonds is 2. The van der Waals surface area contributed by atoms with Crippen LogP contribution in [0.15, 0.2) is 29.4 Å². The summed E-state index contributed by atoms with van der Waals surface area (Å²) >= 11 is 1.25. The molecule has 0 radical (unpaired) electrons. The zero-order valence-electron chi connectivity index (χ0n) is 13.3. The van der Waals surface area contributed by atoms with E-state index in [0.717, 1.165) is 29.9 Å². The van der Waals surface area contributed by atoms with Crippen molar-refractivity contribution in [3.05, 3.63) is 34.1 Å². The lowest BCUT2D eigenvalue weighted by molar-refractivity contribution is -0.391. The Kier molecular flexibility index (Phi) is 3.66. The van der Waals surface area contributed by atoms with E-state index in [9.17, 15) is 22.4 Å². The smallest absolute Gasteiger partial charge is 0.421 e. The van der Waals surface area contributed by atoms with Crippen LogP contribution in [0.25, 0.3) is 5.69 Å². The van der Waals surface area contributed by atoms with Gasteiger partial charge in [-0.05, 0) is 31.9 Å². The maximum absolute atomic E-state index is 13.4. The van der Waals surface area contributed by atoms with Gasteiger partial charge in [-0.15, -0.1) is 11.3 Å². The molecule has 2 heterocycles. The monoisotopic (exact) mass is 388 g/mol. The van der Waals surface area contributed by atoms with Gasteiger partial charge in [-0.1, -0.05) is 0 Å². The van der Waals surface area contributed by atoms with E-state index in [2.05, 4.69) is 14.5 Å². The minimum Gasteiger partial charge on any atom is -0.421 e. The van der Waals surface area contributed by atoms with E-state index < -0.39 is 23.7 Å². The minimum atomic E-state index is -4.79. The van der Waals surface area contributed by atoms with Gasteiger partial charge >= 0.3 is 12.2 Å². The lowest BCUT2D eigenvalue weighted by Gasteiger charge is -2.31. The van der Waals surface area contributed by atoms with Crippen LogP contribution in [0.1, 0.15) is 17.7 Å². The zero-order valence-corrected chi connectivity index (χ0v) is 14.2. The molecule has 1 amide bonds. The average molecular weight is 388 g/mol. The third-order valence-corrected chi connectivity index (χ3v) is 4.82. The second-order valence-electron chi connectivity index (χ2n) is 6.09. The predicted octanol–water partition coefficient (Wildman–Crippen LogP) is 3.64. The number of alkyl halides is 4. The summed E-state index contributed by atoms with van der Waals surface area (Å²) in [5, 5.41) is 0. The molecule has 1 aliphatic carbocycles. The number of hydrogen-bond acceptors (Lipinski definition) is 4. The Bertz CT molecular complexity index is 963. The van der Waals surface area contributed by atoms with E-state index in [0.29, 0.717) is 10.5 Å². The predicted molar refractivity (Wildman–Crippen MR) is 82.8 cm³/mol. The number of thiazole rings is 1. The SMILES string of the molecule is Cc1cn(-c2ccc3c(c2)OC(F)(F)C(F)(F)O3)/c(=N/C(=O)C2CC2)s1. The number of amides is 1. The van der Waals surface area contributed by atoms with Gasteiger partial charge in [-0.2, -0.15) is 22.6 Å². The van der Waals surface area contributed by atoms with Crippen LogP contribution in [0.5, 0.6) is 11.5 Å². The molecule has 0 N–H and O–H groups in total. The molecule has 5 nitrogen and oxygen atoms in total. The third kappa shape index (κ3) is 2.87. The van der Waals surface area contributed by atoms with Crippen molar-refractivity contribution in [3.8, 4) is 17.2 Å². The average Bonchev–Trinajstić information content (AvgIpc) is 3.32. The Labute approximate surface area is 148 Å². The zero-order chi connectivity index (χ0) is 18.7. The summed E-state index contributed by atoms with van der Waals surface area (Å²) in [7, 11) is 0. The van der Waals surface area contributed by atoms with E-state index in [1.54, 1.807) is 13.1 Å². The number of hydrogen-bond donors (Lipinski definition) is 0. The van der Waals surface area contributed by atoms with Crippen molar-refractivity contribution in [2.75, 3.05) is 0 Å². The molecule has 0 saturated heterocycles. The van der Waals surface area contributed by atoms with E-state index >= 15 is 0 Å². The Morgan fingerprint density at radius 2 is 1.85 bits per heavy atom. The number of halogens is 4. The summed E-state index contributed by atoms with van der Waals surface area (Å²) in [5.41, 5.74) is 0.333. The molecule has 1 fully saturated rings. The fourth-order valence-electron chi connectivity index (χ4n) is 2.44. The summed E-state index contributed by atoms with van der Waals surface area (Å²) in [6.45, 7) is 1.80. The molecule has 1 aromatic heterocycles. The Balaban J connectivity index is 1.76. The van der Waals surface area contributed by atoms with Crippen LogP contribution < -0.4 is 14.3 Å². The molecule has 0 atom stereocenters. The lowest BCUT2D eigenvalue weighted by Crippen LogP contribution is -2.52. The van der Waals surface area contributed by atoms with Gasteiger partial charge in [0.1, 0.15) is 0 Å². The molecule has 2 aromatic rings. The molecular weight excluding hydrogens is 376 g/mol. The normalized spacial score (nSPS) is 20.9.